The minimum Gasteiger partial charge on any atom is -0.380 e. The van der Waals surface area contributed by atoms with Crippen LogP contribution in [0.2, 0.25) is 5.02 Å². The van der Waals surface area contributed by atoms with Crippen molar-refractivity contribution in [2.24, 2.45) is 5.90 Å². The van der Waals surface area contributed by atoms with Crippen LogP contribution in [0.25, 0.3) is 0 Å². The lowest BCUT2D eigenvalue weighted by molar-refractivity contribution is 0.120. The van der Waals surface area contributed by atoms with Crippen LogP contribution in [-0.2, 0) is 22.8 Å². The minimum atomic E-state index is 0.304. The normalized spacial score (nSPS) is 10.4. The second-order valence-electron chi connectivity index (χ2n) is 2.62. The summed E-state index contributed by atoms with van der Waals surface area (Å²) in [5, 5.41) is 0.653. The molecule has 0 aliphatic heterocycles. The summed E-state index contributed by atoms with van der Waals surface area (Å²) in [5.74, 6) is 5.00. The second kappa shape index (κ2) is 5.19. The summed E-state index contributed by atoms with van der Waals surface area (Å²) < 4.78 is 5.01. The molecule has 2 N–H and O–H groups in total. The molecule has 0 bridgehead atoms. The predicted molar refractivity (Wildman–Crippen MR) is 51.1 cm³/mol. The molecule has 0 saturated carbocycles. The van der Waals surface area contributed by atoms with Gasteiger partial charge in [0, 0.05) is 17.7 Å². The number of rotatable bonds is 4. The average molecular weight is 202 g/mol. The summed E-state index contributed by atoms with van der Waals surface area (Å²) in [6, 6.07) is 5.61. The fourth-order valence-electron chi connectivity index (χ4n) is 1.14. The molecule has 72 valence electrons. The molecule has 0 fully saturated rings. The molecule has 0 heterocycles. The fraction of sp³-hybridized carbons (Fsp3) is 0.333. The monoisotopic (exact) mass is 201 g/mol. The molecule has 1 aromatic carbocycles. The molecule has 0 spiro atoms. The van der Waals surface area contributed by atoms with Gasteiger partial charge in [0.15, 0.2) is 0 Å². The van der Waals surface area contributed by atoms with Crippen molar-refractivity contribution >= 4 is 11.6 Å². The number of halogens is 1. The molecular formula is C9H12ClNO2. The first-order valence-electron chi connectivity index (χ1n) is 3.86. The van der Waals surface area contributed by atoms with E-state index in [-0.39, 0.29) is 0 Å². The van der Waals surface area contributed by atoms with Crippen LogP contribution in [0.3, 0.4) is 0 Å². The number of hydrogen-bond donors (Lipinski definition) is 1. The van der Waals surface area contributed by atoms with Crippen molar-refractivity contribution < 1.29 is 9.57 Å². The molecule has 0 radical (unpaired) electrons. The molecule has 0 unspecified atom stereocenters. The first-order valence-corrected chi connectivity index (χ1v) is 4.24. The van der Waals surface area contributed by atoms with E-state index in [0.29, 0.717) is 18.2 Å². The molecule has 4 heteroatoms. The van der Waals surface area contributed by atoms with Gasteiger partial charge in [-0.1, -0.05) is 23.7 Å². The van der Waals surface area contributed by atoms with Crippen LogP contribution in [0, 0.1) is 0 Å². The lowest BCUT2D eigenvalue weighted by atomic mass is 10.1. The van der Waals surface area contributed by atoms with Crippen LogP contribution in [0.1, 0.15) is 11.1 Å². The van der Waals surface area contributed by atoms with Crippen molar-refractivity contribution in [2.45, 2.75) is 13.2 Å². The van der Waals surface area contributed by atoms with Crippen LogP contribution in [0.4, 0.5) is 0 Å². The van der Waals surface area contributed by atoms with Crippen molar-refractivity contribution in [3.8, 4) is 0 Å². The summed E-state index contributed by atoms with van der Waals surface area (Å²) in [6.07, 6.45) is 0. The molecule has 0 aromatic heterocycles. The van der Waals surface area contributed by atoms with E-state index in [4.69, 9.17) is 22.2 Å². The van der Waals surface area contributed by atoms with Gasteiger partial charge in [0.1, 0.15) is 0 Å². The Morgan fingerprint density at radius 3 is 2.77 bits per heavy atom. The molecule has 0 aliphatic carbocycles. The van der Waals surface area contributed by atoms with Gasteiger partial charge in [-0.15, -0.1) is 0 Å². The van der Waals surface area contributed by atoms with Gasteiger partial charge in [-0.2, -0.15) is 0 Å². The van der Waals surface area contributed by atoms with Gasteiger partial charge in [-0.3, -0.25) is 4.84 Å². The predicted octanol–water partition coefficient (Wildman–Crippen LogP) is 1.88. The van der Waals surface area contributed by atoms with E-state index in [9.17, 15) is 0 Å². The third kappa shape index (κ3) is 2.67. The highest BCUT2D eigenvalue weighted by Crippen LogP contribution is 2.21. The van der Waals surface area contributed by atoms with Crippen LogP contribution in [0.15, 0.2) is 18.2 Å². The lowest BCUT2D eigenvalue weighted by Gasteiger charge is -2.08. The maximum Gasteiger partial charge on any atom is 0.0947 e. The quantitative estimate of drug-likeness (QED) is 0.757. The van der Waals surface area contributed by atoms with Gasteiger partial charge in [0.2, 0.25) is 0 Å². The third-order valence-corrected chi connectivity index (χ3v) is 2.10. The Bertz CT molecular complexity index is 278. The van der Waals surface area contributed by atoms with Gasteiger partial charge in [0.05, 0.1) is 13.2 Å². The Kier molecular flexibility index (Phi) is 4.18. The third-order valence-electron chi connectivity index (χ3n) is 1.74. The molecule has 13 heavy (non-hydrogen) atoms. The van der Waals surface area contributed by atoms with Crippen molar-refractivity contribution in [3.63, 3.8) is 0 Å². The van der Waals surface area contributed by atoms with Crippen LogP contribution >= 0.6 is 11.6 Å². The zero-order chi connectivity index (χ0) is 9.68. The average Bonchev–Trinajstić information content (AvgIpc) is 2.11. The Balaban J connectivity index is 2.95. The minimum absolute atomic E-state index is 0.304. The summed E-state index contributed by atoms with van der Waals surface area (Å²) in [6.45, 7) is 0.817. The van der Waals surface area contributed by atoms with E-state index in [0.717, 1.165) is 11.1 Å². The fourth-order valence-corrected chi connectivity index (χ4v) is 1.39. The van der Waals surface area contributed by atoms with Crippen LogP contribution in [-0.4, -0.2) is 7.11 Å². The lowest BCUT2D eigenvalue weighted by Crippen LogP contribution is -2.03. The van der Waals surface area contributed by atoms with Crippen molar-refractivity contribution in [2.75, 3.05) is 7.11 Å². The number of hydrogen-bond acceptors (Lipinski definition) is 3. The van der Waals surface area contributed by atoms with Crippen molar-refractivity contribution in [1.82, 2.24) is 0 Å². The summed E-state index contributed by atoms with van der Waals surface area (Å²) in [4.78, 5) is 4.56. The van der Waals surface area contributed by atoms with Gasteiger partial charge in [-0.25, -0.2) is 5.90 Å². The van der Waals surface area contributed by atoms with Crippen LogP contribution < -0.4 is 5.90 Å². The van der Waals surface area contributed by atoms with E-state index in [1.165, 1.54) is 0 Å². The molecule has 0 saturated heterocycles. The summed E-state index contributed by atoms with van der Waals surface area (Å²) in [5.41, 5.74) is 1.88. The smallest absolute Gasteiger partial charge is 0.0947 e. The zero-order valence-electron chi connectivity index (χ0n) is 7.42. The topological polar surface area (TPSA) is 44.5 Å². The Hall–Kier alpha value is -0.610. The molecule has 1 aromatic rings. The highest BCUT2D eigenvalue weighted by Gasteiger charge is 2.05. The number of nitrogens with two attached hydrogens (primary N) is 1. The highest BCUT2D eigenvalue weighted by atomic mass is 35.5. The number of benzene rings is 1. The summed E-state index contributed by atoms with van der Waals surface area (Å²) >= 11 is 5.95. The van der Waals surface area contributed by atoms with E-state index in [1.54, 1.807) is 13.2 Å². The molecule has 1 rings (SSSR count). The molecule has 0 aliphatic rings. The first kappa shape index (κ1) is 10.5. The van der Waals surface area contributed by atoms with E-state index < -0.39 is 0 Å². The van der Waals surface area contributed by atoms with Crippen molar-refractivity contribution in [1.29, 1.82) is 0 Å². The zero-order valence-corrected chi connectivity index (χ0v) is 8.17. The SMILES string of the molecule is COCc1cccc(Cl)c1CON. The standard InChI is InChI=1S/C9H12ClNO2/c1-12-5-7-3-2-4-9(10)8(7)6-13-11/h2-4H,5-6,11H2,1H3. The number of ether oxygens (including phenoxy) is 1. The Morgan fingerprint density at radius 1 is 1.38 bits per heavy atom. The molecule has 0 amide bonds. The maximum absolute atomic E-state index is 5.95. The highest BCUT2D eigenvalue weighted by molar-refractivity contribution is 6.31. The number of methoxy groups -OCH3 is 1. The summed E-state index contributed by atoms with van der Waals surface area (Å²) in [7, 11) is 1.63. The second-order valence-corrected chi connectivity index (χ2v) is 3.03. The van der Waals surface area contributed by atoms with E-state index in [2.05, 4.69) is 4.84 Å². The van der Waals surface area contributed by atoms with Gasteiger partial charge < -0.3 is 4.74 Å². The molecule has 3 nitrogen and oxygen atoms in total. The first-order chi connectivity index (χ1) is 6.29. The van der Waals surface area contributed by atoms with Gasteiger partial charge in [-0.05, 0) is 11.6 Å². The molecular weight excluding hydrogens is 190 g/mol. The largest absolute Gasteiger partial charge is 0.380 e. The Morgan fingerprint density at radius 2 is 2.15 bits per heavy atom. The molecule has 0 atom stereocenters. The Labute approximate surface area is 82.4 Å². The van der Waals surface area contributed by atoms with E-state index >= 15 is 0 Å². The van der Waals surface area contributed by atoms with Gasteiger partial charge >= 0.3 is 0 Å². The van der Waals surface area contributed by atoms with Crippen molar-refractivity contribution in [3.05, 3.63) is 34.3 Å². The van der Waals surface area contributed by atoms with Crippen LogP contribution in [0.5, 0.6) is 0 Å². The van der Waals surface area contributed by atoms with E-state index in [1.807, 2.05) is 12.1 Å². The maximum atomic E-state index is 5.95. The van der Waals surface area contributed by atoms with Gasteiger partial charge in [0.25, 0.3) is 0 Å².